The van der Waals surface area contributed by atoms with Crippen LogP contribution in [0.25, 0.3) is 5.52 Å². The van der Waals surface area contributed by atoms with Crippen molar-refractivity contribution in [2.45, 2.75) is 63.6 Å². The number of nitrogens with one attached hydrogen (secondary N) is 1. The van der Waals surface area contributed by atoms with Crippen molar-refractivity contribution >= 4 is 37.0 Å². The second-order valence-corrected chi connectivity index (χ2v) is 13.3. The standard InChI is InChI=1S/C31H37N6O11P/c1-19(30(40)43-15-22-11-13-42-14-12-22)36-49(41,48-23-7-5-4-6-8-23)44-17-31(16-32)28(46-21(3)39)27(45-20(2)38)26(47-31)24-9-10-25-29(33)34-18-35-37(24)25/h4-10,18-19,22,26-28H,11-15,17H2,1-3H3,(H,36,41)(H2,33,34,35)/t19-,26-,27-,28-,31+,49-/m0/s1. The largest absolute Gasteiger partial charge is 0.464 e. The molecule has 6 atom stereocenters. The molecule has 0 bridgehead atoms. The predicted molar refractivity (Wildman–Crippen MR) is 168 cm³/mol. The Labute approximate surface area is 281 Å². The Morgan fingerprint density at radius 2 is 1.86 bits per heavy atom. The van der Waals surface area contributed by atoms with E-state index in [0.29, 0.717) is 18.7 Å². The Kier molecular flexibility index (Phi) is 11.2. The van der Waals surface area contributed by atoms with E-state index < -0.39 is 62.2 Å². The highest BCUT2D eigenvalue weighted by Crippen LogP contribution is 2.50. The maximum Gasteiger partial charge on any atom is 0.459 e. The quantitative estimate of drug-likeness (QED) is 0.148. The average molecular weight is 701 g/mol. The second-order valence-electron chi connectivity index (χ2n) is 11.6. The summed E-state index contributed by atoms with van der Waals surface area (Å²) in [4.78, 5) is 41.6. The third-order valence-electron chi connectivity index (χ3n) is 7.91. The highest BCUT2D eigenvalue weighted by Gasteiger charge is 2.62. The molecule has 262 valence electrons. The number of hydrogen-bond acceptors (Lipinski definition) is 15. The summed E-state index contributed by atoms with van der Waals surface area (Å²) >= 11 is 0. The summed E-state index contributed by atoms with van der Waals surface area (Å²) in [6.07, 6.45) is -1.59. The summed E-state index contributed by atoms with van der Waals surface area (Å²) in [5, 5.41) is 17.4. The summed E-state index contributed by atoms with van der Waals surface area (Å²) in [7, 11) is -4.54. The molecule has 0 radical (unpaired) electrons. The summed E-state index contributed by atoms with van der Waals surface area (Å²) in [5.41, 5.74) is 4.43. The van der Waals surface area contributed by atoms with Crippen LogP contribution in [-0.2, 0) is 47.2 Å². The zero-order valence-electron chi connectivity index (χ0n) is 27.1. The first-order valence-corrected chi connectivity index (χ1v) is 17.0. The molecule has 0 unspecified atom stereocenters. The maximum absolute atomic E-state index is 14.4. The van der Waals surface area contributed by atoms with Gasteiger partial charge in [0.2, 0.25) is 5.60 Å². The predicted octanol–water partition coefficient (Wildman–Crippen LogP) is 2.66. The average Bonchev–Trinajstić information content (AvgIpc) is 3.63. The minimum Gasteiger partial charge on any atom is -0.464 e. The van der Waals surface area contributed by atoms with Gasteiger partial charge in [-0.1, -0.05) is 18.2 Å². The van der Waals surface area contributed by atoms with Gasteiger partial charge in [-0.2, -0.15) is 15.4 Å². The van der Waals surface area contributed by atoms with E-state index in [9.17, 15) is 24.2 Å². The molecule has 0 saturated carbocycles. The van der Waals surface area contributed by atoms with Crippen molar-refractivity contribution in [1.82, 2.24) is 19.7 Å². The van der Waals surface area contributed by atoms with Crippen molar-refractivity contribution in [2.75, 3.05) is 32.2 Å². The Morgan fingerprint density at radius 1 is 1.14 bits per heavy atom. The van der Waals surface area contributed by atoms with E-state index in [0.717, 1.165) is 26.7 Å². The van der Waals surface area contributed by atoms with Gasteiger partial charge in [-0.3, -0.25) is 18.9 Å². The Balaban J connectivity index is 1.44. The Hall–Kier alpha value is -4.59. The van der Waals surface area contributed by atoms with Crippen LogP contribution in [0.4, 0.5) is 5.82 Å². The molecule has 2 aliphatic heterocycles. The van der Waals surface area contributed by atoms with E-state index in [1.54, 1.807) is 30.3 Å². The first kappa shape index (κ1) is 35.7. The van der Waals surface area contributed by atoms with Gasteiger partial charge >= 0.3 is 25.7 Å². The van der Waals surface area contributed by atoms with E-state index in [1.165, 1.54) is 29.9 Å². The van der Waals surface area contributed by atoms with Crippen molar-refractivity contribution in [2.24, 2.45) is 5.92 Å². The lowest BCUT2D eigenvalue weighted by Gasteiger charge is -2.30. The van der Waals surface area contributed by atoms with Crippen LogP contribution in [-0.4, -0.2) is 82.8 Å². The first-order chi connectivity index (χ1) is 23.4. The number of anilines is 1. The highest BCUT2D eigenvalue weighted by atomic mass is 31.2. The van der Waals surface area contributed by atoms with Crippen LogP contribution in [0.5, 0.6) is 5.75 Å². The van der Waals surface area contributed by atoms with E-state index in [-0.39, 0.29) is 29.8 Å². The molecule has 18 heteroatoms. The molecule has 3 N–H and O–H groups in total. The van der Waals surface area contributed by atoms with Crippen molar-refractivity contribution in [3.8, 4) is 11.8 Å². The van der Waals surface area contributed by atoms with Gasteiger partial charge in [0.15, 0.2) is 18.0 Å². The van der Waals surface area contributed by atoms with Crippen LogP contribution >= 0.6 is 7.75 Å². The minimum absolute atomic E-state index is 0.114. The van der Waals surface area contributed by atoms with Crippen molar-refractivity contribution in [1.29, 1.82) is 5.26 Å². The van der Waals surface area contributed by atoms with Gasteiger partial charge in [0.1, 0.15) is 42.4 Å². The van der Waals surface area contributed by atoms with Gasteiger partial charge in [-0.25, -0.2) is 14.1 Å². The summed E-state index contributed by atoms with van der Waals surface area (Å²) in [6, 6.07) is 11.9. The number of nitrogen functional groups attached to an aromatic ring is 1. The number of benzene rings is 1. The lowest BCUT2D eigenvalue weighted by atomic mass is 9.95. The number of nitriles is 1. The lowest BCUT2D eigenvalue weighted by Crippen LogP contribution is -2.49. The van der Waals surface area contributed by atoms with Gasteiger partial charge < -0.3 is 33.9 Å². The van der Waals surface area contributed by atoms with Crippen LogP contribution in [0.15, 0.2) is 48.8 Å². The number of carbonyl (C=O) groups excluding carboxylic acids is 3. The van der Waals surface area contributed by atoms with E-state index in [2.05, 4.69) is 15.2 Å². The molecule has 0 amide bonds. The Bertz CT molecular complexity index is 1740. The highest BCUT2D eigenvalue weighted by molar-refractivity contribution is 7.52. The molecule has 2 saturated heterocycles. The number of carbonyl (C=O) groups is 3. The van der Waals surface area contributed by atoms with Gasteiger partial charge in [-0.05, 0) is 49.9 Å². The molecule has 2 aliphatic rings. The van der Waals surface area contributed by atoms with Gasteiger partial charge in [-0.15, -0.1) is 0 Å². The number of ether oxygens (including phenoxy) is 5. The molecular weight excluding hydrogens is 663 g/mol. The molecule has 0 aliphatic carbocycles. The zero-order chi connectivity index (χ0) is 35.2. The van der Waals surface area contributed by atoms with Gasteiger partial charge in [0.25, 0.3) is 0 Å². The normalized spacial score (nSPS) is 24.3. The van der Waals surface area contributed by atoms with E-state index in [4.69, 9.17) is 38.5 Å². The van der Waals surface area contributed by atoms with Crippen molar-refractivity contribution < 1.29 is 51.7 Å². The number of hydrogen-bond donors (Lipinski definition) is 2. The molecule has 49 heavy (non-hydrogen) atoms. The van der Waals surface area contributed by atoms with Crippen LogP contribution < -0.4 is 15.3 Å². The summed E-state index contributed by atoms with van der Waals surface area (Å²) < 4.78 is 55.5. The van der Waals surface area contributed by atoms with E-state index in [1.807, 2.05) is 6.07 Å². The lowest BCUT2D eigenvalue weighted by molar-refractivity contribution is -0.166. The molecule has 1 aromatic carbocycles. The topological polar surface area (TPSA) is 225 Å². The monoisotopic (exact) mass is 700 g/mol. The molecule has 4 heterocycles. The number of nitrogens with two attached hydrogens (primary N) is 1. The summed E-state index contributed by atoms with van der Waals surface area (Å²) in [5.74, 6) is -1.94. The molecule has 2 fully saturated rings. The smallest absolute Gasteiger partial charge is 0.459 e. The fourth-order valence-electron chi connectivity index (χ4n) is 5.52. The van der Waals surface area contributed by atoms with Gasteiger partial charge in [0, 0.05) is 27.1 Å². The number of nitrogens with zero attached hydrogens (tertiary/aromatic N) is 4. The fourth-order valence-corrected chi connectivity index (χ4v) is 7.04. The molecule has 2 aromatic heterocycles. The third-order valence-corrected chi connectivity index (χ3v) is 9.53. The number of aromatic nitrogens is 3. The van der Waals surface area contributed by atoms with Crippen LogP contribution in [0.2, 0.25) is 0 Å². The summed E-state index contributed by atoms with van der Waals surface area (Å²) in [6.45, 7) is 4.10. The molecule has 5 rings (SSSR count). The Morgan fingerprint density at radius 3 is 2.53 bits per heavy atom. The van der Waals surface area contributed by atoms with Crippen LogP contribution in [0.3, 0.4) is 0 Å². The minimum atomic E-state index is -4.54. The van der Waals surface area contributed by atoms with Crippen LogP contribution in [0, 0.1) is 17.2 Å². The molecule has 0 spiro atoms. The third kappa shape index (κ3) is 8.35. The van der Waals surface area contributed by atoms with E-state index >= 15 is 0 Å². The number of esters is 3. The van der Waals surface area contributed by atoms with Gasteiger partial charge in [0.05, 0.1) is 12.3 Å². The first-order valence-electron chi connectivity index (χ1n) is 15.5. The molecular formula is C31H37N6O11P. The molecule has 3 aromatic rings. The number of fused-ring (bicyclic) bond motifs is 1. The SMILES string of the molecule is CC(=O)O[C@H]1[C@H](c2ccc3c(N)ncnn23)O[C@](C#N)(CO[P@@](=O)(N[C@@H](C)C(=O)OCC2CCOCC2)Oc2ccccc2)[C@H]1OC(C)=O. The zero-order valence-corrected chi connectivity index (χ0v) is 27.9. The number of rotatable bonds is 13. The van der Waals surface area contributed by atoms with Crippen molar-refractivity contribution in [3.05, 3.63) is 54.5 Å². The van der Waals surface area contributed by atoms with Crippen molar-refractivity contribution in [3.63, 3.8) is 0 Å². The second kappa shape index (κ2) is 15.3. The maximum atomic E-state index is 14.4. The number of para-hydroxylation sites is 1. The molecule has 17 nitrogen and oxygen atoms in total. The van der Waals surface area contributed by atoms with Crippen LogP contribution in [0.1, 0.15) is 45.4 Å². The fraction of sp³-hybridized carbons (Fsp3) is 0.484.